The van der Waals surface area contributed by atoms with Crippen LogP contribution in [0.4, 0.5) is 0 Å². The van der Waals surface area contributed by atoms with Crippen LogP contribution in [-0.2, 0) is 9.09 Å². The van der Waals surface area contributed by atoms with Gasteiger partial charge < -0.3 is 4.89 Å². The van der Waals surface area contributed by atoms with E-state index < -0.39 is 6.30 Å². The van der Waals surface area contributed by atoms with Crippen molar-refractivity contribution in [2.75, 3.05) is 0 Å². The number of unbranched alkanes of at least 4 members (excludes halogenated alkanes) is 5. The maximum Gasteiger partial charge on any atom is 0.393 e. The van der Waals surface area contributed by atoms with E-state index in [1.807, 2.05) is 6.92 Å². The van der Waals surface area contributed by atoms with Gasteiger partial charge in [-0.2, -0.15) is 0 Å². The monoisotopic (exact) mass is 314 g/mol. The average molecular weight is 315 g/mol. The van der Waals surface area contributed by atoms with E-state index >= 15 is 0 Å². The van der Waals surface area contributed by atoms with Gasteiger partial charge in [0, 0.05) is 15.5 Å². The second-order valence-corrected chi connectivity index (χ2v) is 7.95. The standard InChI is InChI=1S/C11H24BrO3P/c1-3-5-6-7-8-9-10-11(4-2)15-16(12,13)14/h11H,3-10H2,1-2H3,(H,13,14). The highest BCUT2D eigenvalue weighted by Crippen LogP contribution is 2.52. The van der Waals surface area contributed by atoms with Crippen LogP contribution in [0.1, 0.15) is 65.2 Å². The summed E-state index contributed by atoms with van der Waals surface area (Å²) in [6.45, 7) is 4.18. The molecule has 3 nitrogen and oxygen atoms in total. The third-order valence-electron chi connectivity index (χ3n) is 2.61. The molecule has 2 atom stereocenters. The molecule has 5 heteroatoms. The Morgan fingerprint density at radius 2 is 1.75 bits per heavy atom. The lowest BCUT2D eigenvalue weighted by molar-refractivity contribution is 0.168. The van der Waals surface area contributed by atoms with Crippen LogP contribution in [-0.4, -0.2) is 11.0 Å². The van der Waals surface area contributed by atoms with Gasteiger partial charge in [-0.3, -0.25) is 4.52 Å². The zero-order valence-electron chi connectivity index (χ0n) is 10.3. The van der Waals surface area contributed by atoms with Gasteiger partial charge in [-0.1, -0.05) is 52.4 Å². The average Bonchev–Trinajstić information content (AvgIpc) is 2.19. The molecular formula is C11H24BrO3P. The minimum atomic E-state index is -3.49. The highest BCUT2D eigenvalue weighted by Gasteiger charge is 2.19. The van der Waals surface area contributed by atoms with E-state index in [1.165, 1.54) is 32.1 Å². The molecule has 0 rings (SSSR count). The van der Waals surface area contributed by atoms with Crippen molar-refractivity contribution < 1.29 is 14.0 Å². The lowest BCUT2D eigenvalue weighted by atomic mass is 10.1. The maximum absolute atomic E-state index is 11.0. The van der Waals surface area contributed by atoms with Crippen molar-refractivity contribution in [3.8, 4) is 0 Å². The van der Waals surface area contributed by atoms with Crippen LogP contribution in [0.25, 0.3) is 0 Å². The third-order valence-corrected chi connectivity index (χ3v) is 3.67. The largest absolute Gasteiger partial charge is 0.393 e. The molecule has 0 spiro atoms. The van der Waals surface area contributed by atoms with E-state index in [4.69, 9.17) is 9.42 Å². The van der Waals surface area contributed by atoms with E-state index in [0.717, 1.165) is 19.3 Å². The zero-order valence-corrected chi connectivity index (χ0v) is 12.8. The Morgan fingerprint density at radius 1 is 1.19 bits per heavy atom. The summed E-state index contributed by atoms with van der Waals surface area (Å²) in [5, 5.41) is 0. The fraction of sp³-hybridized carbons (Fsp3) is 1.00. The number of hydrogen-bond donors (Lipinski definition) is 1. The summed E-state index contributed by atoms with van der Waals surface area (Å²) in [5.74, 6) is 0. The summed E-state index contributed by atoms with van der Waals surface area (Å²) in [6, 6.07) is 0. The van der Waals surface area contributed by atoms with Crippen molar-refractivity contribution in [1.29, 1.82) is 0 Å². The molecule has 16 heavy (non-hydrogen) atoms. The Kier molecular flexibility index (Phi) is 10.0. The lowest BCUT2D eigenvalue weighted by Crippen LogP contribution is -2.08. The van der Waals surface area contributed by atoms with Crippen LogP contribution in [0, 0.1) is 0 Å². The topological polar surface area (TPSA) is 46.5 Å². The first-order valence-corrected chi connectivity index (χ1v) is 9.80. The van der Waals surface area contributed by atoms with Gasteiger partial charge in [0.25, 0.3) is 0 Å². The fourth-order valence-electron chi connectivity index (χ4n) is 1.67. The van der Waals surface area contributed by atoms with Crippen molar-refractivity contribution in [2.24, 2.45) is 0 Å². The van der Waals surface area contributed by atoms with Gasteiger partial charge in [-0.15, -0.1) is 0 Å². The van der Waals surface area contributed by atoms with Crippen LogP contribution < -0.4 is 0 Å². The summed E-state index contributed by atoms with van der Waals surface area (Å²) in [5.41, 5.74) is 0. The predicted octanol–water partition coefficient (Wildman–Crippen LogP) is 5.03. The molecular weight excluding hydrogens is 291 g/mol. The Labute approximate surface area is 107 Å². The van der Waals surface area contributed by atoms with Crippen molar-refractivity contribution >= 4 is 21.8 Å². The normalized spacial score (nSPS) is 17.0. The smallest absolute Gasteiger partial charge is 0.316 e. The molecule has 0 saturated heterocycles. The summed E-state index contributed by atoms with van der Waals surface area (Å²) in [6.07, 6.45) is 5.46. The van der Waals surface area contributed by atoms with Gasteiger partial charge in [-0.05, 0) is 12.8 Å². The second-order valence-electron chi connectivity index (χ2n) is 4.14. The molecule has 1 N–H and O–H groups in total. The minimum absolute atomic E-state index is 0.0959. The van der Waals surface area contributed by atoms with E-state index in [1.54, 1.807) is 0 Å². The Balaban J connectivity index is 3.52. The molecule has 0 bridgehead atoms. The van der Waals surface area contributed by atoms with E-state index in [2.05, 4.69) is 22.4 Å². The molecule has 98 valence electrons. The predicted molar refractivity (Wildman–Crippen MR) is 71.9 cm³/mol. The van der Waals surface area contributed by atoms with Crippen molar-refractivity contribution in [3.05, 3.63) is 0 Å². The van der Waals surface area contributed by atoms with Crippen molar-refractivity contribution in [3.63, 3.8) is 0 Å². The molecule has 0 saturated carbocycles. The maximum atomic E-state index is 11.0. The van der Waals surface area contributed by atoms with Crippen molar-refractivity contribution in [1.82, 2.24) is 0 Å². The van der Waals surface area contributed by atoms with Gasteiger partial charge in [0.2, 0.25) is 0 Å². The Morgan fingerprint density at radius 3 is 2.25 bits per heavy atom. The molecule has 0 amide bonds. The summed E-state index contributed by atoms with van der Waals surface area (Å²) in [4.78, 5) is 9.04. The number of hydrogen-bond acceptors (Lipinski definition) is 2. The minimum Gasteiger partial charge on any atom is -0.316 e. The Hall–Kier alpha value is 0.630. The van der Waals surface area contributed by atoms with Gasteiger partial charge in [-0.25, -0.2) is 4.57 Å². The summed E-state index contributed by atoms with van der Waals surface area (Å²) < 4.78 is 16.1. The molecule has 0 aromatic heterocycles. The van der Waals surface area contributed by atoms with E-state index in [9.17, 15) is 4.57 Å². The van der Waals surface area contributed by atoms with Gasteiger partial charge in [0.05, 0.1) is 6.10 Å². The first-order valence-electron chi connectivity index (χ1n) is 6.20. The highest BCUT2D eigenvalue weighted by atomic mass is 79.9. The highest BCUT2D eigenvalue weighted by molar-refractivity contribution is 9.39. The van der Waals surface area contributed by atoms with Gasteiger partial charge in [0.15, 0.2) is 0 Å². The zero-order chi connectivity index (χ0) is 12.4. The molecule has 0 aliphatic heterocycles. The fourth-order valence-corrected chi connectivity index (χ4v) is 3.00. The number of halogens is 1. The van der Waals surface area contributed by atoms with Crippen LogP contribution in [0.5, 0.6) is 0 Å². The van der Waals surface area contributed by atoms with E-state index in [-0.39, 0.29) is 6.10 Å². The molecule has 0 aromatic rings. The lowest BCUT2D eigenvalue weighted by Gasteiger charge is -2.16. The first kappa shape index (κ1) is 16.6. The molecule has 0 aliphatic carbocycles. The molecule has 0 aliphatic rings. The quantitative estimate of drug-likeness (QED) is 0.454. The van der Waals surface area contributed by atoms with Crippen LogP contribution in [0.15, 0.2) is 0 Å². The molecule has 0 fully saturated rings. The molecule has 0 radical (unpaired) electrons. The molecule has 0 aromatic carbocycles. The van der Waals surface area contributed by atoms with E-state index in [0.29, 0.717) is 0 Å². The van der Waals surface area contributed by atoms with Crippen molar-refractivity contribution in [2.45, 2.75) is 71.3 Å². The third kappa shape index (κ3) is 11.1. The van der Waals surface area contributed by atoms with Crippen LogP contribution >= 0.6 is 21.8 Å². The first-order chi connectivity index (χ1) is 7.49. The SMILES string of the molecule is CCCCCCCCC(CC)OP(=O)(O)Br. The summed E-state index contributed by atoms with van der Waals surface area (Å²) >= 11 is 2.65. The Bertz CT molecular complexity index is 205. The molecule has 0 heterocycles. The summed E-state index contributed by atoms with van der Waals surface area (Å²) in [7, 11) is 0. The number of rotatable bonds is 10. The molecule has 2 unspecified atom stereocenters. The van der Waals surface area contributed by atoms with Gasteiger partial charge in [0.1, 0.15) is 0 Å². The van der Waals surface area contributed by atoms with Gasteiger partial charge >= 0.3 is 6.30 Å². The van der Waals surface area contributed by atoms with Crippen LogP contribution in [0.2, 0.25) is 0 Å². The van der Waals surface area contributed by atoms with Crippen LogP contribution in [0.3, 0.4) is 0 Å². The second kappa shape index (κ2) is 9.64.